The van der Waals surface area contributed by atoms with Crippen LogP contribution in [0, 0.1) is 31.3 Å². The standard InChI is InChI=1S/C20H23F3N4O/c1-12-8-13(2)10-14(9-12)6-7-25-20(24-3)26-11-17(28)27-16-5-4-15(21)18(22)19(16)23/h4-5,8-10H,6-7,11H2,1-3H3,(H,27,28)(H2,24,25,26). The van der Waals surface area contributed by atoms with Crippen LogP contribution < -0.4 is 16.0 Å². The van der Waals surface area contributed by atoms with Crippen LogP contribution in [-0.4, -0.2) is 32.0 Å². The van der Waals surface area contributed by atoms with Gasteiger partial charge in [-0.3, -0.25) is 9.79 Å². The van der Waals surface area contributed by atoms with E-state index in [1.807, 2.05) is 13.8 Å². The van der Waals surface area contributed by atoms with Gasteiger partial charge < -0.3 is 16.0 Å². The number of aryl methyl sites for hydroxylation is 2. The highest BCUT2D eigenvalue weighted by Crippen LogP contribution is 2.19. The van der Waals surface area contributed by atoms with Crippen molar-refractivity contribution in [1.82, 2.24) is 10.6 Å². The molecule has 0 spiro atoms. The molecule has 0 unspecified atom stereocenters. The van der Waals surface area contributed by atoms with Gasteiger partial charge in [0.25, 0.3) is 0 Å². The molecule has 2 aromatic rings. The summed E-state index contributed by atoms with van der Waals surface area (Å²) in [5, 5.41) is 8.05. The number of amides is 1. The summed E-state index contributed by atoms with van der Waals surface area (Å²) in [6, 6.07) is 8.02. The van der Waals surface area contributed by atoms with Crippen LogP contribution in [0.4, 0.5) is 18.9 Å². The number of carbonyl (C=O) groups is 1. The second-order valence-corrected chi connectivity index (χ2v) is 6.37. The highest BCUT2D eigenvalue weighted by molar-refractivity contribution is 5.95. The summed E-state index contributed by atoms with van der Waals surface area (Å²) >= 11 is 0. The number of halogens is 3. The van der Waals surface area contributed by atoms with Crippen molar-refractivity contribution in [2.75, 3.05) is 25.5 Å². The van der Waals surface area contributed by atoms with Crippen LogP contribution in [0.1, 0.15) is 16.7 Å². The molecule has 3 N–H and O–H groups in total. The van der Waals surface area contributed by atoms with Gasteiger partial charge in [-0.25, -0.2) is 13.2 Å². The Morgan fingerprint density at radius 1 is 1.00 bits per heavy atom. The molecule has 0 aromatic heterocycles. The quantitative estimate of drug-likeness (QED) is 0.402. The number of nitrogens with one attached hydrogen (secondary N) is 3. The van der Waals surface area contributed by atoms with Crippen molar-refractivity contribution < 1.29 is 18.0 Å². The summed E-state index contributed by atoms with van der Waals surface area (Å²) in [4.78, 5) is 15.9. The van der Waals surface area contributed by atoms with Gasteiger partial charge in [-0.1, -0.05) is 29.3 Å². The maximum Gasteiger partial charge on any atom is 0.243 e. The number of hydrogen-bond donors (Lipinski definition) is 3. The number of hydrogen-bond acceptors (Lipinski definition) is 2. The maximum atomic E-state index is 13.6. The highest BCUT2D eigenvalue weighted by atomic mass is 19.2. The molecule has 0 aliphatic heterocycles. The molecule has 0 saturated heterocycles. The fraction of sp³-hybridized carbons (Fsp3) is 0.300. The van der Waals surface area contributed by atoms with Crippen LogP contribution in [-0.2, 0) is 11.2 Å². The third-order valence-electron chi connectivity index (χ3n) is 3.94. The Morgan fingerprint density at radius 2 is 1.68 bits per heavy atom. The van der Waals surface area contributed by atoms with E-state index < -0.39 is 29.0 Å². The molecule has 1 amide bonds. The fourth-order valence-corrected chi connectivity index (χ4v) is 2.74. The lowest BCUT2D eigenvalue weighted by Gasteiger charge is -2.13. The normalized spacial score (nSPS) is 11.3. The Balaban J connectivity index is 1.81. The summed E-state index contributed by atoms with van der Waals surface area (Å²) in [6.45, 7) is 4.46. The zero-order valence-corrected chi connectivity index (χ0v) is 16.0. The number of nitrogens with zero attached hydrogens (tertiary/aromatic N) is 1. The number of benzene rings is 2. The van der Waals surface area contributed by atoms with Gasteiger partial charge in [0.1, 0.15) is 0 Å². The van der Waals surface area contributed by atoms with Crippen molar-refractivity contribution in [2.24, 2.45) is 4.99 Å². The van der Waals surface area contributed by atoms with Crippen LogP contribution in [0.15, 0.2) is 35.3 Å². The Kier molecular flexibility index (Phi) is 7.43. The van der Waals surface area contributed by atoms with Crippen LogP contribution in [0.2, 0.25) is 0 Å². The van der Waals surface area contributed by atoms with Crippen LogP contribution in [0.25, 0.3) is 0 Å². The first kappa shape index (κ1) is 21.3. The molecule has 0 aliphatic rings. The second-order valence-electron chi connectivity index (χ2n) is 6.37. The molecule has 5 nitrogen and oxygen atoms in total. The van der Waals surface area contributed by atoms with Crippen LogP contribution >= 0.6 is 0 Å². The summed E-state index contributed by atoms with van der Waals surface area (Å²) in [5.74, 6) is -4.62. The minimum atomic E-state index is -1.63. The van der Waals surface area contributed by atoms with Gasteiger partial charge in [0, 0.05) is 13.6 Å². The van der Waals surface area contributed by atoms with Gasteiger partial charge in [-0.2, -0.15) is 0 Å². The molecule has 0 heterocycles. The molecular formula is C20H23F3N4O. The minimum absolute atomic E-state index is 0.221. The van der Waals surface area contributed by atoms with Gasteiger partial charge >= 0.3 is 0 Å². The van der Waals surface area contributed by atoms with E-state index in [0.29, 0.717) is 12.5 Å². The highest BCUT2D eigenvalue weighted by Gasteiger charge is 2.15. The molecule has 2 rings (SSSR count). The van der Waals surface area contributed by atoms with E-state index in [0.717, 1.165) is 18.6 Å². The van der Waals surface area contributed by atoms with Gasteiger partial charge in [0.15, 0.2) is 23.4 Å². The summed E-state index contributed by atoms with van der Waals surface area (Å²) in [5.41, 5.74) is 3.15. The Bertz CT molecular complexity index is 864. The van der Waals surface area contributed by atoms with E-state index >= 15 is 0 Å². The molecule has 2 aromatic carbocycles. The van der Waals surface area contributed by atoms with E-state index in [1.54, 1.807) is 7.05 Å². The van der Waals surface area contributed by atoms with Gasteiger partial charge in [0.2, 0.25) is 5.91 Å². The second kappa shape index (κ2) is 9.77. The van der Waals surface area contributed by atoms with Crippen molar-refractivity contribution in [3.63, 3.8) is 0 Å². The third-order valence-corrected chi connectivity index (χ3v) is 3.94. The van der Waals surface area contributed by atoms with Crippen molar-refractivity contribution in [2.45, 2.75) is 20.3 Å². The lowest BCUT2D eigenvalue weighted by atomic mass is 10.1. The van der Waals surface area contributed by atoms with E-state index in [2.05, 4.69) is 39.1 Å². The molecule has 28 heavy (non-hydrogen) atoms. The Labute approximate surface area is 162 Å². The summed E-state index contributed by atoms with van der Waals surface area (Å²) in [7, 11) is 1.55. The molecule has 150 valence electrons. The average Bonchev–Trinajstić information content (AvgIpc) is 2.64. The number of aliphatic imine (C=N–C) groups is 1. The zero-order chi connectivity index (χ0) is 20.7. The largest absolute Gasteiger partial charge is 0.356 e. The Hall–Kier alpha value is -3.03. The molecule has 0 aliphatic carbocycles. The smallest absolute Gasteiger partial charge is 0.243 e. The van der Waals surface area contributed by atoms with Gasteiger partial charge in [0.05, 0.1) is 12.2 Å². The molecule has 0 radical (unpaired) electrons. The Morgan fingerprint density at radius 3 is 2.32 bits per heavy atom. The number of rotatable bonds is 6. The fourth-order valence-electron chi connectivity index (χ4n) is 2.74. The molecular weight excluding hydrogens is 369 g/mol. The first-order valence-corrected chi connectivity index (χ1v) is 8.75. The monoisotopic (exact) mass is 392 g/mol. The molecule has 8 heteroatoms. The van der Waals surface area contributed by atoms with Crippen molar-refractivity contribution in [3.05, 3.63) is 64.5 Å². The third kappa shape index (κ3) is 6.00. The number of anilines is 1. The van der Waals surface area contributed by atoms with Crippen molar-refractivity contribution >= 4 is 17.6 Å². The van der Waals surface area contributed by atoms with Crippen LogP contribution in [0.3, 0.4) is 0 Å². The topological polar surface area (TPSA) is 65.5 Å². The van der Waals surface area contributed by atoms with Crippen LogP contribution in [0.5, 0.6) is 0 Å². The van der Waals surface area contributed by atoms with Crippen molar-refractivity contribution in [1.29, 1.82) is 0 Å². The molecule has 0 fully saturated rings. The lowest BCUT2D eigenvalue weighted by molar-refractivity contribution is -0.115. The first-order chi connectivity index (χ1) is 13.3. The number of guanidine groups is 1. The minimum Gasteiger partial charge on any atom is -0.356 e. The summed E-state index contributed by atoms with van der Waals surface area (Å²) in [6.07, 6.45) is 0.773. The SMILES string of the molecule is CN=C(NCCc1cc(C)cc(C)c1)NCC(=O)Nc1ccc(F)c(F)c1F. The molecule has 0 saturated carbocycles. The first-order valence-electron chi connectivity index (χ1n) is 8.75. The lowest BCUT2D eigenvalue weighted by Crippen LogP contribution is -2.42. The zero-order valence-electron chi connectivity index (χ0n) is 16.0. The van der Waals surface area contributed by atoms with E-state index in [4.69, 9.17) is 0 Å². The van der Waals surface area contributed by atoms with Gasteiger partial charge in [-0.05, 0) is 38.0 Å². The van der Waals surface area contributed by atoms with E-state index in [-0.39, 0.29) is 6.54 Å². The van der Waals surface area contributed by atoms with Gasteiger partial charge in [-0.15, -0.1) is 0 Å². The van der Waals surface area contributed by atoms with Crippen molar-refractivity contribution in [3.8, 4) is 0 Å². The predicted molar refractivity (Wildman–Crippen MR) is 104 cm³/mol. The predicted octanol–water partition coefficient (Wildman–Crippen LogP) is 3.07. The molecule has 0 atom stereocenters. The maximum absolute atomic E-state index is 13.6. The molecule has 0 bridgehead atoms. The van der Waals surface area contributed by atoms with E-state index in [1.165, 1.54) is 16.7 Å². The average molecular weight is 392 g/mol. The van der Waals surface area contributed by atoms with E-state index in [9.17, 15) is 18.0 Å². The number of carbonyl (C=O) groups excluding carboxylic acids is 1. The summed E-state index contributed by atoms with van der Waals surface area (Å²) < 4.78 is 39.7.